The first-order valence-corrected chi connectivity index (χ1v) is 16.0. The molecule has 0 radical (unpaired) electrons. The van der Waals surface area contributed by atoms with Crippen molar-refractivity contribution in [2.45, 2.75) is 50.2 Å². The number of benzene rings is 4. The zero-order valence-corrected chi connectivity index (χ0v) is 25.8. The largest absolute Gasteiger partial charge is 0.352 e. The van der Waals surface area contributed by atoms with E-state index < -0.39 is 28.5 Å². The fourth-order valence-electron chi connectivity index (χ4n) is 4.63. The number of carbonyl (C=O) groups is 2. The molecule has 0 bridgehead atoms. The quantitative estimate of drug-likeness (QED) is 0.197. The molecule has 2 amide bonds. The molecular formula is C34H36ClN3O4S. The van der Waals surface area contributed by atoms with Crippen molar-refractivity contribution in [2.24, 2.45) is 0 Å². The Kier molecular flexibility index (Phi) is 11.0. The van der Waals surface area contributed by atoms with Crippen LogP contribution in [0.5, 0.6) is 0 Å². The minimum atomic E-state index is -4.15. The first kappa shape index (κ1) is 31.8. The first-order chi connectivity index (χ1) is 20.7. The maximum Gasteiger partial charge on any atom is 0.264 e. The second kappa shape index (κ2) is 14.8. The molecule has 0 saturated heterocycles. The van der Waals surface area contributed by atoms with E-state index in [2.05, 4.69) is 5.32 Å². The molecule has 4 rings (SSSR count). The predicted octanol–water partition coefficient (Wildman–Crippen LogP) is 6.09. The molecule has 4 aromatic rings. The Hall–Kier alpha value is -4.14. The molecule has 0 aliphatic heterocycles. The van der Waals surface area contributed by atoms with Crippen LogP contribution in [0.2, 0.25) is 5.02 Å². The van der Waals surface area contributed by atoms with Crippen molar-refractivity contribution in [3.05, 3.63) is 131 Å². The Morgan fingerprint density at radius 2 is 1.33 bits per heavy atom. The number of sulfonamides is 1. The van der Waals surface area contributed by atoms with Crippen LogP contribution in [0.25, 0.3) is 0 Å². The Morgan fingerprint density at radius 3 is 1.88 bits per heavy atom. The second-order valence-electron chi connectivity index (χ2n) is 10.3. The summed E-state index contributed by atoms with van der Waals surface area (Å²) < 4.78 is 29.0. The van der Waals surface area contributed by atoms with Crippen molar-refractivity contribution in [1.29, 1.82) is 0 Å². The van der Waals surface area contributed by atoms with Gasteiger partial charge in [0.25, 0.3) is 10.0 Å². The molecule has 224 valence electrons. The SMILES string of the molecule is CC[C@@H](C)NC(=O)[C@H](Cc1ccccc1)N(Cc1ccccc1)C(=O)CN(c1ccc(Cl)cc1)S(=O)(=O)c1ccccc1. The number of hydrogen-bond acceptors (Lipinski definition) is 4. The van der Waals surface area contributed by atoms with Crippen molar-refractivity contribution in [3.8, 4) is 0 Å². The summed E-state index contributed by atoms with van der Waals surface area (Å²) in [6.07, 6.45) is 0.976. The number of nitrogens with zero attached hydrogens (tertiary/aromatic N) is 2. The van der Waals surface area contributed by atoms with E-state index in [1.54, 1.807) is 42.5 Å². The van der Waals surface area contributed by atoms with Gasteiger partial charge in [0.2, 0.25) is 11.8 Å². The van der Waals surface area contributed by atoms with Gasteiger partial charge in [0, 0.05) is 24.0 Å². The lowest BCUT2D eigenvalue weighted by atomic mass is 10.0. The summed E-state index contributed by atoms with van der Waals surface area (Å²) >= 11 is 6.11. The van der Waals surface area contributed by atoms with Gasteiger partial charge in [-0.25, -0.2) is 8.42 Å². The maximum atomic E-state index is 14.4. The van der Waals surface area contributed by atoms with Gasteiger partial charge in [0.15, 0.2) is 0 Å². The lowest BCUT2D eigenvalue weighted by Crippen LogP contribution is -2.54. The summed E-state index contributed by atoms with van der Waals surface area (Å²) in [5.41, 5.74) is 1.98. The van der Waals surface area contributed by atoms with E-state index in [0.29, 0.717) is 5.02 Å². The van der Waals surface area contributed by atoms with Crippen LogP contribution in [0.3, 0.4) is 0 Å². The molecular weight excluding hydrogens is 582 g/mol. The maximum absolute atomic E-state index is 14.4. The van der Waals surface area contributed by atoms with Gasteiger partial charge >= 0.3 is 0 Å². The smallest absolute Gasteiger partial charge is 0.264 e. The number of hydrogen-bond donors (Lipinski definition) is 1. The number of carbonyl (C=O) groups excluding carboxylic acids is 2. The molecule has 0 saturated carbocycles. The molecule has 43 heavy (non-hydrogen) atoms. The molecule has 9 heteroatoms. The number of nitrogens with one attached hydrogen (secondary N) is 1. The van der Waals surface area contributed by atoms with Crippen molar-refractivity contribution in [2.75, 3.05) is 10.8 Å². The van der Waals surface area contributed by atoms with E-state index in [4.69, 9.17) is 11.6 Å². The third-order valence-electron chi connectivity index (χ3n) is 7.19. The van der Waals surface area contributed by atoms with Gasteiger partial charge in [-0.15, -0.1) is 0 Å². The minimum Gasteiger partial charge on any atom is -0.352 e. The average molecular weight is 618 g/mol. The van der Waals surface area contributed by atoms with Crippen LogP contribution in [-0.4, -0.2) is 43.8 Å². The molecule has 0 aromatic heterocycles. The number of rotatable bonds is 13. The van der Waals surface area contributed by atoms with Crippen LogP contribution >= 0.6 is 11.6 Å². The molecule has 1 N–H and O–H groups in total. The topological polar surface area (TPSA) is 86.8 Å². The predicted molar refractivity (Wildman–Crippen MR) is 171 cm³/mol. The molecule has 7 nitrogen and oxygen atoms in total. The van der Waals surface area contributed by atoms with Gasteiger partial charge in [0.1, 0.15) is 12.6 Å². The van der Waals surface area contributed by atoms with Gasteiger partial charge in [-0.2, -0.15) is 0 Å². The molecule has 0 heterocycles. The molecule has 0 aliphatic rings. The van der Waals surface area contributed by atoms with Crippen LogP contribution in [0.15, 0.2) is 120 Å². The number of halogens is 1. The van der Waals surface area contributed by atoms with E-state index in [1.165, 1.54) is 17.0 Å². The zero-order chi connectivity index (χ0) is 30.8. The summed E-state index contributed by atoms with van der Waals surface area (Å²) in [6.45, 7) is 3.48. The van der Waals surface area contributed by atoms with Crippen LogP contribution in [-0.2, 0) is 32.6 Å². The zero-order valence-electron chi connectivity index (χ0n) is 24.3. The van der Waals surface area contributed by atoms with Gasteiger partial charge in [0.05, 0.1) is 10.6 Å². The Labute approximate surface area is 259 Å². The van der Waals surface area contributed by atoms with Gasteiger partial charge in [-0.3, -0.25) is 13.9 Å². The summed E-state index contributed by atoms with van der Waals surface area (Å²) in [4.78, 5) is 29.7. The van der Waals surface area contributed by atoms with E-state index >= 15 is 0 Å². The second-order valence-corrected chi connectivity index (χ2v) is 12.6. The fraction of sp³-hybridized carbons (Fsp3) is 0.235. The molecule has 0 fully saturated rings. The molecule has 4 aromatic carbocycles. The summed E-state index contributed by atoms with van der Waals surface area (Å²) in [7, 11) is -4.15. The number of anilines is 1. The highest BCUT2D eigenvalue weighted by molar-refractivity contribution is 7.92. The van der Waals surface area contributed by atoms with E-state index in [9.17, 15) is 18.0 Å². The summed E-state index contributed by atoms with van der Waals surface area (Å²) in [5, 5.41) is 3.47. The Balaban J connectivity index is 1.78. The van der Waals surface area contributed by atoms with Crippen LogP contribution in [0.4, 0.5) is 5.69 Å². The Bertz CT molecular complexity index is 1590. The molecule has 0 unspecified atom stereocenters. The lowest BCUT2D eigenvalue weighted by molar-refractivity contribution is -0.140. The van der Waals surface area contributed by atoms with Crippen LogP contribution < -0.4 is 9.62 Å². The van der Waals surface area contributed by atoms with Gasteiger partial charge < -0.3 is 10.2 Å². The fourth-order valence-corrected chi connectivity index (χ4v) is 6.19. The highest BCUT2D eigenvalue weighted by Crippen LogP contribution is 2.26. The monoisotopic (exact) mass is 617 g/mol. The Morgan fingerprint density at radius 1 is 0.791 bits per heavy atom. The number of amides is 2. The third-order valence-corrected chi connectivity index (χ3v) is 9.23. The van der Waals surface area contributed by atoms with E-state index in [-0.39, 0.29) is 35.5 Å². The van der Waals surface area contributed by atoms with Gasteiger partial charge in [-0.1, -0.05) is 97.4 Å². The standard InChI is InChI=1S/C34H36ClN3O4S/c1-3-26(2)36-34(40)32(23-27-13-7-4-8-14-27)37(24-28-15-9-5-10-16-28)33(39)25-38(30-21-19-29(35)20-22-30)43(41,42)31-17-11-6-12-18-31/h4-22,26,32H,3,23-25H2,1-2H3,(H,36,40)/t26-,32+/m1/s1. The van der Waals surface area contributed by atoms with Crippen molar-refractivity contribution >= 4 is 39.1 Å². The minimum absolute atomic E-state index is 0.0442. The highest BCUT2D eigenvalue weighted by Gasteiger charge is 2.34. The van der Waals surface area contributed by atoms with Crippen LogP contribution in [0, 0.1) is 0 Å². The van der Waals surface area contributed by atoms with Crippen molar-refractivity contribution in [1.82, 2.24) is 10.2 Å². The molecule has 0 spiro atoms. The normalized spacial score (nSPS) is 12.6. The molecule has 0 aliphatic carbocycles. The van der Waals surface area contributed by atoms with Crippen molar-refractivity contribution < 1.29 is 18.0 Å². The average Bonchev–Trinajstić information content (AvgIpc) is 3.03. The van der Waals surface area contributed by atoms with Crippen LogP contribution in [0.1, 0.15) is 31.4 Å². The molecule has 2 atom stereocenters. The first-order valence-electron chi connectivity index (χ1n) is 14.2. The highest BCUT2D eigenvalue weighted by atomic mass is 35.5. The van der Waals surface area contributed by atoms with E-state index in [1.807, 2.05) is 74.5 Å². The van der Waals surface area contributed by atoms with E-state index in [0.717, 1.165) is 21.9 Å². The summed E-state index contributed by atoms with van der Waals surface area (Å²) in [6, 6.07) is 32.1. The lowest BCUT2D eigenvalue weighted by Gasteiger charge is -2.34. The summed E-state index contributed by atoms with van der Waals surface area (Å²) in [5.74, 6) is -0.815. The van der Waals surface area contributed by atoms with Gasteiger partial charge in [-0.05, 0) is 60.9 Å². The van der Waals surface area contributed by atoms with Crippen molar-refractivity contribution in [3.63, 3.8) is 0 Å². The third kappa shape index (κ3) is 8.46.